The predicted molar refractivity (Wildman–Crippen MR) is 111 cm³/mol. The number of hydrogen-bond acceptors (Lipinski definition) is 7. The van der Waals surface area contributed by atoms with Crippen molar-refractivity contribution in [1.29, 1.82) is 0 Å². The van der Waals surface area contributed by atoms with Crippen molar-refractivity contribution in [2.45, 2.75) is 12.8 Å². The fourth-order valence-electron chi connectivity index (χ4n) is 4.06. The van der Waals surface area contributed by atoms with Gasteiger partial charge in [-0.25, -0.2) is 0 Å². The van der Waals surface area contributed by atoms with Crippen molar-refractivity contribution >= 4 is 5.91 Å². The van der Waals surface area contributed by atoms with Crippen LogP contribution < -0.4 is 10.1 Å². The third-order valence-electron chi connectivity index (χ3n) is 5.96. The fraction of sp³-hybridized carbons (Fsp3) is 0.545. The molecule has 1 aromatic heterocycles. The number of carbonyl (C=O) groups is 1. The van der Waals surface area contributed by atoms with Gasteiger partial charge in [-0.2, -0.15) is 0 Å². The third kappa shape index (κ3) is 5.00. The molecule has 8 heteroatoms. The third-order valence-corrected chi connectivity index (χ3v) is 5.96. The number of ether oxygens (including phenoxy) is 3. The number of morpholine rings is 1. The quantitative estimate of drug-likeness (QED) is 0.742. The lowest BCUT2D eigenvalue weighted by atomic mass is 9.79. The number of amides is 1. The Morgan fingerprint density at radius 3 is 2.53 bits per heavy atom. The number of methoxy groups -OCH3 is 1. The van der Waals surface area contributed by atoms with E-state index < -0.39 is 0 Å². The van der Waals surface area contributed by atoms with Gasteiger partial charge in [0.15, 0.2) is 11.5 Å². The Kier molecular flexibility index (Phi) is 6.66. The Labute approximate surface area is 176 Å². The summed E-state index contributed by atoms with van der Waals surface area (Å²) in [6, 6.07) is 9.12. The summed E-state index contributed by atoms with van der Waals surface area (Å²) in [7, 11) is 1.62. The highest BCUT2D eigenvalue weighted by molar-refractivity contribution is 5.93. The van der Waals surface area contributed by atoms with Gasteiger partial charge in [0, 0.05) is 56.4 Å². The Morgan fingerprint density at radius 2 is 1.83 bits per heavy atom. The number of nitrogens with one attached hydrogen (secondary N) is 1. The van der Waals surface area contributed by atoms with Crippen LogP contribution in [0.25, 0.3) is 11.3 Å². The van der Waals surface area contributed by atoms with Crippen molar-refractivity contribution in [2.75, 3.05) is 59.7 Å². The maximum Gasteiger partial charge on any atom is 0.273 e. The molecule has 8 nitrogen and oxygen atoms in total. The van der Waals surface area contributed by atoms with Gasteiger partial charge in [0.25, 0.3) is 5.91 Å². The molecule has 3 heterocycles. The first-order valence-electron chi connectivity index (χ1n) is 10.4. The highest BCUT2D eigenvalue weighted by Crippen LogP contribution is 2.31. The SMILES string of the molecule is COc1ccc(-c2cc(C(=O)NCC3(CN4CCOCC4)CCOCC3)no2)cc1. The van der Waals surface area contributed by atoms with E-state index in [0.29, 0.717) is 12.3 Å². The molecule has 4 rings (SSSR count). The maximum atomic E-state index is 12.7. The van der Waals surface area contributed by atoms with E-state index in [1.165, 1.54) is 0 Å². The normalized spacial score (nSPS) is 19.4. The molecular weight excluding hydrogens is 386 g/mol. The van der Waals surface area contributed by atoms with Crippen LogP contribution in [0, 0.1) is 5.41 Å². The summed E-state index contributed by atoms with van der Waals surface area (Å²) in [6.45, 7) is 6.40. The molecule has 0 saturated carbocycles. The van der Waals surface area contributed by atoms with Crippen LogP contribution in [0.2, 0.25) is 0 Å². The van der Waals surface area contributed by atoms with Crippen LogP contribution in [0.4, 0.5) is 0 Å². The smallest absolute Gasteiger partial charge is 0.273 e. The molecule has 30 heavy (non-hydrogen) atoms. The van der Waals surface area contributed by atoms with E-state index in [-0.39, 0.29) is 17.0 Å². The first-order chi connectivity index (χ1) is 14.7. The number of nitrogens with zero attached hydrogens (tertiary/aromatic N) is 2. The van der Waals surface area contributed by atoms with E-state index in [4.69, 9.17) is 18.7 Å². The first kappa shape index (κ1) is 20.8. The fourth-order valence-corrected chi connectivity index (χ4v) is 4.06. The minimum absolute atomic E-state index is 0.00774. The highest BCUT2D eigenvalue weighted by Gasteiger charge is 2.35. The number of rotatable bonds is 7. The minimum Gasteiger partial charge on any atom is -0.497 e. The first-order valence-corrected chi connectivity index (χ1v) is 10.4. The average molecular weight is 415 g/mol. The zero-order valence-corrected chi connectivity index (χ0v) is 17.4. The molecule has 2 fully saturated rings. The Morgan fingerprint density at radius 1 is 1.13 bits per heavy atom. The number of aromatic nitrogens is 1. The van der Waals surface area contributed by atoms with Gasteiger partial charge >= 0.3 is 0 Å². The Bertz CT molecular complexity index is 824. The Balaban J connectivity index is 1.38. The molecule has 2 saturated heterocycles. The standard InChI is InChI=1S/C22H29N3O5/c1-27-18-4-2-17(3-5-18)20-14-19(24-30-20)21(26)23-15-22(6-10-28-11-7-22)16-25-8-12-29-13-9-25/h2-5,14H,6-13,15-16H2,1H3,(H,23,26). The van der Waals surface area contributed by atoms with Crippen LogP contribution >= 0.6 is 0 Å². The van der Waals surface area contributed by atoms with E-state index in [1.807, 2.05) is 24.3 Å². The summed E-state index contributed by atoms with van der Waals surface area (Å²) < 4.78 is 21.6. The second-order valence-electron chi connectivity index (χ2n) is 7.99. The maximum absolute atomic E-state index is 12.7. The molecular formula is C22H29N3O5. The molecule has 0 aliphatic carbocycles. The molecule has 162 valence electrons. The molecule has 1 N–H and O–H groups in total. The van der Waals surface area contributed by atoms with Crippen LogP contribution in [-0.2, 0) is 9.47 Å². The van der Waals surface area contributed by atoms with E-state index in [2.05, 4.69) is 15.4 Å². The van der Waals surface area contributed by atoms with Crippen LogP contribution in [-0.4, -0.2) is 75.7 Å². The van der Waals surface area contributed by atoms with Crippen molar-refractivity contribution in [3.05, 3.63) is 36.0 Å². The minimum atomic E-state index is -0.216. The van der Waals surface area contributed by atoms with Crippen molar-refractivity contribution in [3.63, 3.8) is 0 Å². The van der Waals surface area contributed by atoms with Gasteiger partial charge in [0.1, 0.15) is 5.75 Å². The summed E-state index contributed by atoms with van der Waals surface area (Å²) in [6.07, 6.45) is 1.86. The Hall–Kier alpha value is -2.42. The molecule has 2 aliphatic heterocycles. The zero-order valence-electron chi connectivity index (χ0n) is 17.4. The molecule has 0 radical (unpaired) electrons. The molecule has 0 atom stereocenters. The lowest BCUT2D eigenvalue weighted by Gasteiger charge is -2.42. The molecule has 1 aromatic carbocycles. The summed E-state index contributed by atoms with van der Waals surface area (Å²) in [5, 5.41) is 7.05. The monoisotopic (exact) mass is 415 g/mol. The van der Waals surface area contributed by atoms with Crippen molar-refractivity contribution in [3.8, 4) is 17.1 Å². The van der Waals surface area contributed by atoms with Crippen LogP contribution in [0.15, 0.2) is 34.9 Å². The molecule has 0 unspecified atom stereocenters. The van der Waals surface area contributed by atoms with Gasteiger partial charge < -0.3 is 24.1 Å². The van der Waals surface area contributed by atoms with Crippen LogP contribution in [0.1, 0.15) is 23.3 Å². The van der Waals surface area contributed by atoms with E-state index >= 15 is 0 Å². The number of hydrogen-bond donors (Lipinski definition) is 1. The molecule has 2 aliphatic rings. The van der Waals surface area contributed by atoms with Crippen molar-refractivity contribution in [2.24, 2.45) is 5.41 Å². The second-order valence-corrected chi connectivity index (χ2v) is 7.99. The van der Waals surface area contributed by atoms with Gasteiger partial charge in [-0.05, 0) is 37.1 Å². The lowest BCUT2D eigenvalue weighted by Crippen LogP contribution is -2.50. The summed E-state index contributed by atoms with van der Waals surface area (Å²) >= 11 is 0. The van der Waals surface area contributed by atoms with Gasteiger partial charge in [-0.1, -0.05) is 5.16 Å². The lowest BCUT2D eigenvalue weighted by molar-refractivity contribution is -0.0283. The molecule has 0 spiro atoms. The highest BCUT2D eigenvalue weighted by atomic mass is 16.5. The summed E-state index contributed by atoms with van der Waals surface area (Å²) in [5.41, 5.74) is 1.14. The predicted octanol–water partition coefficient (Wildman–Crippen LogP) is 2.21. The van der Waals surface area contributed by atoms with Gasteiger partial charge in [0.2, 0.25) is 0 Å². The van der Waals surface area contributed by atoms with E-state index in [0.717, 1.165) is 70.2 Å². The van der Waals surface area contributed by atoms with Crippen molar-refractivity contribution < 1.29 is 23.5 Å². The van der Waals surface area contributed by atoms with Gasteiger partial charge in [-0.15, -0.1) is 0 Å². The largest absolute Gasteiger partial charge is 0.497 e. The molecule has 0 bridgehead atoms. The zero-order chi connectivity index (χ0) is 20.8. The molecule has 1 amide bonds. The van der Waals surface area contributed by atoms with E-state index in [9.17, 15) is 4.79 Å². The van der Waals surface area contributed by atoms with Crippen molar-refractivity contribution in [1.82, 2.24) is 15.4 Å². The number of benzene rings is 1. The number of carbonyl (C=O) groups excluding carboxylic acids is 1. The summed E-state index contributed by atoms with van der Waals surface area (Å²) in [5.74, 6) is 1.10. The average Bonchev–Trinajstić information content (AvgIpc) is 3.29. The van der Waals surface area contributed by atoms with E-state index in [1.54, 1.807) is 13.2 Å². The van der Waals surface area contributed by atoms with Crippen LogP contribution in [0.5, 0.6) is 5.75 Å². The summed E-state index contributed by atoms with van der Waals surface area (Å²) in [4.78, 5) is 15.2. The van der Waals surface area contributed by atoms with Crippen LogP contribution in [0.3, 0.4) is 0 Å². The van der Waals surface area contributed by atoms with Gasteiger partial charge in [0.05, 0.1) is 20.3 Å². The topological polar surface area (TPSA) is 86.1 Å². The second kappa shape index (κ2) is 9.59. The molecule has 2 aromatic rings. The van der Waals surface area contributed by atoms with Gasteiger partial charge in [-0.3, -0.25) is 9.69 Å².